The quantitative estimate of drug-likeness (QED) is 0.867. The zero-order valence-corrected chi connectivity index (χ0v) is 11.2. The highest BCUT2D eigenvalue weighted by Gasteiger charge is 2.40. The molecule has 1 aliphatic rings. The maximum atomic E-state index is 11.2. The monoisotopic (exact) mass is 265 g/mol. The molecule has 2 rings (SSSR count). The van der Waals surface area contributed by atoms with E-state index >= 15 is 0 Å². The summed E-state index contributed by atoms with van der Waals surface area (Å²) in [5.74, 6) is 0.0373. The molecule has 1 fully saturated rings. The predicted molar refractivity (Wildman–Crippen MR) is 70.3 cm³/mol. The van der Waals surface area contributed by atoms with Crippen LogP contribution in [-0.2, 0) is 11.3 Å². The van der Waals surface area contributed by atoms with Gasteiger partial charge in [-0.3, -0.25) is 9.69 Å². The smallest absolute Gasteiger partial charge is 0.310 e. The van der Waals surface area contributed by atoms with E-state index in [0.29, 0.717) is 25.3 Å². The van der Waals surface area contributed by atoms with Gasteiger partial charge in [0.1, 0.15) is 11.5 Å². The second kappa shape index (κ2) is 5.09. The van der Waals surface area contributed by atoms with Gasteiger partial charge in [0.2, 0.25) is 0 Å². The van der Waals surface area contributed by atoms with Gasteiger partial charge in [-0.25, -0.2) is 0 Å². The van der Waals surface area contributed by atoms with Crippen LogP contribution in [0.25, 0.3) is 0 Å². The number of likely N-dealkylation sites (tertiary alicyclic amines) is 1. The van der Waals surface area contributed by atoms with Gasteiger partial charge >= 0.3 is 5.97 Å². The lowest BCUT2D eigenvalue weighted by molar-refractivity contribution is -0.147. The minimum Gasteiger partial charge on any atom is -0.507 e. The summed E-state index contributed by atoms with van der Waals surface area (Å²) in [7, 11) is 1.55. The lowest BCUT2D eigenvalue weighted by Gasteiger charge is -2.20. The first-order valence-corrected chi connectivity index (χ1v) is 6.26. The maximum absolute atomic E-state index is 11.2. The van der Waals surface area contributed by atoms with E-state index in [4.69, 9.17) is 4.74 Å². The summed E-state index contributed by atoms with van der Waals surface area (Å²) in [5.41, 5.74) is 0.109. The van der Waals surface area contributed by atoms with E-state index in [1.807, 2.05) is 6.07 Å². The number of benzene rings is 1. The predicted octanol–water partition coefficient (Wildman–Crippen LogP) is 1.70. The van der Waals surface area contributed by atoms with Crippen molar-refractivity contribution in [3.8, 4) is 11.5 Å². The number of methoxy groups -OCH3 is 1. The van der Waals surface area contributed by atoms with Gasteiger partial charge in [0, 0.05) is 24.7 Å². The first-order chi connectivity index (χ1) is 8.94. The number of aromatic hydroxyl groups is 1. The fourth-order valence-electron chi connectivity index (χ4n) is 2.41. The molecular weight excluding hydrogens is 246 g/mol. The minimum atomic E-state index is -0.756. The van der Waals surface area contributed by atoms with Crippen molar-refractivity contribution in [3.05, 3.63) is 23.8 Å². The normalized spacial score (nSPS) is 23.5. The number of hydrogen-bond donors (Lipinski definition) is 2. The summed E-state index contributed by atoms with van der Waals surface area (Å²) in [6, 6.07) is 5.17. The van der Waals surface area contributed by atoms with Gasteiger partial charge in [0.25, 0.3) is 0 Å². The van der Waals surface area contributed by atoms with Crippen LogP contribution in [0.3, 0.4) is 0 Å². The Morgan fingerprint density at radius 3 is 2.79 bits per heavy atom. The molecule has 1 atom stereocenters. The van der Waals surface area contributed by atoms with E-state index < -0.39 is 11.4 Å². The molecule has 1 aliphatic heterocycles. The zero-order valence-electron chi connectivity index (χ0n) is 11.2. The third-order valence-corrected chi connectivity index (χ3v) is 3.76. The third kappa shape index (κ3) is 2.81. The average molecular weight is 265 g/mol. The SMILES string of the molecule is COc1ccc(CN2CCC(C)(C(=O)O)C2)c(O)c1. The molecule has 0 aromatic heterocycles. The number of carboxylic acid groups (broad SMARTS) is 1. The lowest BCUT2D eigenvalue weighted by Crippen LogP contribution is -2.31. The molecule has 1 aromatic carbocycles. The van der Waals surface area contributed by atoms with Crippen LogP contribution in [0.4, 0.5) is 0 Å². The van der Waals surface area contributed by atoms with Crippen LogP contribution in [-0.4, -0.2) is 41.3 Å². The molecule has 0 amide bonds. The molecule has 0 saturated carbocycles. The standard InChI is InChI=1S/C14H19NO4/c1-14(13(17)18)5-6-15(9-14)8-10-3-4-11(19-2)7-12(10)16/h3-4,7,16H,5-6,8-9H2,1-2H3,(H,17,18). The Balaban J connectivity index is 2.05. The van der Waals surface area contributed by atoms with Crippen LogP contribution in [0.2, 0.25) is 0 Å². The molecule has 0 aliphatic carbocycles. The molecule has 2 N–H and O–H groups in total. The van der Waals surface area contributed by atoms with Gasteiger partial charge in [-0.15, -0.1) is 0 Å². The van der Waals surface area contributed by atoms with Gasteiger partial charge in [-0.1, -0.05) is 6.07 Å². The molecule has 5 nitrogen and oxygen atoms in total. The van der Waals surface area contributed by atoms with Crippen molar-refractivity contribution in [3.63, 3.8) is 0 Å². The van der Waals surface area contributed by atoms with Crippen molar-refractivity contribution in [2.45, 2.75) is 19.9 Å². The number of aliphatic carboxylic acids is 1. The highest BCUT2D eigenvalue weighted by molar-refractivity contribution is 5.74. The molecule has 1 unspecified atom stereocenters. The van der Waals surface area contributed by atoms with E-state index in [9.17, 15) is 15.0 Å². The van der Waals surface area contributed by atoms with Gasteiger partial charge < -0.3 is 14.9 Å². The lowest BCUT2D eigenvalue weighted by atomic mass is 9.90. The highest BCUT2D eigenvalue weighted by atomic mass is 16.5. The van der Waals surface area contributed by atoms with Crippen molar-refractivity contribution in [1.82, 2.24) is 4.90 Å². The van der Waals surface area contributed by atoms with Crippen LogP contribution >= 0.6 is 0 Å². The van der Waals surface area contributed by atoms with Crippen molar-refractivity contribution in [1.29, 1.82) is 0 Å². The Kier molecular flexibility index (Phi) is 3.66. The topological polar surface area (TPSA) is 70.0 Å². The summed E-state index contributed by atoms with van der Waals surface area (Å²) in [6.07, 6.45) is 0.638. The van der Waals surface area contributed by atoms with Gasteiger partial charge in [-0.05, 0) is 26.0 Å². The number of phenolic OH excluding ortho intramolecular Hbond substituents is 1. The minimum absolute atomic E-state index is 0.184. The second-order valence-corrected chi connectivity index (χ2v) is 5.32. The van der Waals surface area contributed by atoms with Crippen LogP contribution in [0, 0.1) is 5.41 Å². The third-order valence-electron chi connectivity index (χ3n) is 3.76. The Morgan fingerprint density at radius 1 is 1.53 bits per heavy atom. The maximum Gasteiger partial charge on any atom is 0.310 e. The number of carboxylic acids is 1. The molecule has 1 saturated heterocycles. The molecule has 104 valence electrons. The zero-order chi connectivity index (χ0) is 14.0. The molecule has 5 heteroatoms. The van der Waals surface area contributed by atoms with Crippen molar-refractivity contribution in [2.75, 3.05) is 20.2 Å². The number of ether oxygens (including phenoxy) is 1. The van der Waals surface area contributed by atoms with Crippen molar-refractivity contribution >= 4 is 5.97 Å². The van der Waals surface area contributed by atoms with Crippen molar-refractivity contribution in [2.24, 2.45) is 5.41 Å². The van der Waals surface area contributed by atoms with Crippen LogP contribution < -0.4 is 4.74 Å². The van der Waals surface area contributed by atoms with E-state index in [2.05, 4.69) is 4.90 Å². The molecule has 0 bridgehead atoms. The summed E-state index contributed by atoms with van der Waals surface area (Å²) in [5, 5.41) is 19.1. The first-order valence-electron chi connectivity index (χ1n) is 6.26. The first kappa shape index (κ1) is 13.7. The number of hydrogen-bond acceptors (Lipinski definition) is 4. The van der Waals surface area contributed by atoms with E-state index in [-0.39, 0.29) is 5.75 Å². The van der Waals surface area contributed by atoms with E-state index in [1.165, 1.54) is 0 Å². The Labute approximate surface area is 112 Å². The van der Waals surface area contributed by atoms with Crippen LogP contribution in [0.5, 0.6) is 11.5 Å². The van der Waals surface area contributed by atoms with Crippen LogP contribution in [0.1, 0.15) is 18.9 Å². The van der Waals surface area contributed by atoms with Crippen molar-refractivity contribution < 1.29 is 19.7 Å². The largest absolute Gasteiger partial charge is 0.507 e. The number of phenols is 1. The van der Waals surface area contributed by atoms with E-state index in [1.54, 1.807) is 26.2 Å². The second-order valence-electron chi connectivity index (χ2n) is 5.32. The molecule has 19 heavy (non-hydrogen) atoms. The molecule has 0 radical (unpaired) electrons. The van der Waals surface area contributed by atoms with E-state index in [0.717, 1.165) is 12.1 Å². The summed E-state index contributed by atoms with van der Waals surface area (Å²) in [6.45, 7) is 3.56. The highest BCUT2D eigenvalue weighted by Crippen LogP contribution is 2.32. The molecular formula is C14H19NO4. The summed E-state index contributed by atoms with van der Waals surface area (Å²) < 4.78 is 5.03. The van der Waals surface area contributed by atoms with Crippen LogP contribution in [0.15, 0.2) is 18.2 Å². The van der Waals surface area contributed by atoms with Gasteiger partial charge in [0.05, 0.1) is 12.5 Å². The molecule has 1 heterocycles. The number of rotatable bonds is 4. The Hall–Kier alpha value is -1.75. The number of carbonyl (C=O) groups is 1. The number of nitrogens with zero attached hydrogens (tertiary/aromatic N) is 1. The fraction of sp³-hybridized carbons (Fsp3) is 0.500. The molecule has 1 aromatic rings. The Bertz CT molecular complexity index is 488. The fourth-order valence-corrected chi connectivity index (χ4v) is 2.41. The Morgan fingerprint density at radius 2 is 2.26 bits per heavy atom. The average Bonchev–Trinajstić information content (AvgIpc) is 2.75. The van der Waals surface area contributed by atoms with Gasteiger partial charge in [0.15, 0.2) is 0 Å². The van der Waals surface area contributed by atoms with Gasteiger partial charge in [-0.2, -0.15) is 0 Å². The molecule has 0 spiro atoms. The summed E-state index contributed by atoms with van der Waals surface area (Å²) >= 11 is 0. The summed E-state index contributed by atoms with van der Waals surface area (Å²) in [4.78, 5) is 13.2.